The van der Waals surface area contributed by atoms with Gasteiger partial charge in [-0.3, -0.25) is 9.78 Å². The van der Waals surface area contributed by atoms with Crippen molar-refractivity contribution in [3.05, 3.63) is 102 Å². The lowest BCUT2D eigenvalue weighted by molar-refractivity contribution is 0.0924. The normalized spacial score (nSPS) is 10.9. The smallest absolute Gasteiger partial charge is 0.287 e. The van der Waals surface area contributed by atoms with E-state index in [0.29, 0.717) is 18.9 Å². The van der Waals surface area contributed by atoms with Crippen LogP contribution in [0.25, 0.3) is 21.0 Å². The van der Waals surface area contributed by atoms with Crippen molar-refractivity contribution in [3.63, 3.8) is 0 Å². The summed E-state index contributed by atoms with van der Waals surface area (Å²) in [5.74, 6) is 1.34. The third-order valence-corrected chi connectivity index (χ3v) is 5.89. The zero-order valence-electron chi connectivity index (χ0n) is 17.0. The number of carbonyl (C=O) groups excluding carboxylic acids is 1. The summed E-state index contributed by atoms with van der Waals surface area (Å²) in [6.07, 6.45) is 3.51. The first-order chi connectivity index (χ1) is 15.7. The zero-order valence-corrected chi connectivity index (χ0v) is 17.8. The van der Waals surface area contributed by atoms with Gasteiger partial charge in [-0.05, 0) is 48.0 Å². The molecule has 3 heterocycles. The van der Waals surface area contributed by atoms with Gasteiger partial charge < -0.3 is 14.5 Å². The van der Waals surface area contributed by atoms with E-state index in [1.54, 1.807) is 24.5 Å². The number of nitrogens with one attached hydrogen (secondary N) is 1. The average Bonchev–Trinajstić information content (AvgIpc) is 3.50. The number of hydrogen-bond donors (Lipinski definition) is 1. The molecule has 0 radical (unpaired) electrons. The van der Waals surface area contributed by atoms with E-state index < -0.39 is 0 Å². The van der Waals surface area contributed by atoms with Gasteiger partial charge in [0.1, 0.15) is 12.4 Å². The Kier molecular flexibility index (Phi) is 5.63. The molecular formula is C25H19N3O3S. The maximum Gasteiger partial charge on any atom is 0.287 e. The quantitative estimate of drug-likeness (QED) is 0.363. The molecule has 0 saturated carbocycles. The van der Waals surface area contributed by atoms with Crippen molar-refractivity contribution in [2.75, 3.05) is 0 Å². The number of rotatable bonds is 7. The number of para-hydroxylation sites is 1. The van der Waals surface area contributed by atoms with Crippen LogP contribution in [0.1, 0.15) is 21.7 Å². The Bertz CT molecular complexity index is 1310. The van der Waals surface area contributed by atoms with Crippen LogP contribution in [-0.4, -0.2) is 15.9 Å². The minimum Gasteiger partial charge on any atom is -0.489 e. The molecule has 1 amide bonds. The van der Waals surface area contributed by atoms with Crippen LogP contribution < -0.4 is 10.1 Å². The molecule has 0 aliphatic rings. The maximum atomic E-state index is 12.5. The van der Waals surface area contributed by atoms with Crippen LogP contribution in [0.2, 0.25) is 0 Å². The summed E-state index contributed by atoms with van der Waals surface area (Å²) < 4.78 is 12.6. The topological polar surface area (TPSA) is 77.2 Å². The van der Waals surface area contributed by atoms with Gasteiger partial charge in [0.2, 0.25) is 0 Å². The van der Waals surface area contributed by atoms with Crippen molar-refractivity contribution in [2.45, 2.75) is 13.2 Å². The second-order valence-corrected chi connectivity index (χ2v) is 8.16. The molecule has 0 atom stereocenters. The average molecular weight is 442 g/mol. The van der Waals surface area contributed by atoms with E-state index in [-0.39, 0.29) is 11.7 Å². The number of benzene rings is 2. The van der Waals surface area contributed by atoms with Crippen LogP contribution in [0.5, 0.6) is 5.75 Å². The highest BCUT2D eigenvalue weighted by atomic mass is 32.1. The second-order valence-electron chi connectivity index (χ2n) is 7.13. The van der Waals surface area contributed by atoms with Crippen LogP contribution in [0.15, 0.2) is 89.6 Å². The Morgan fingerprint density at radius 3 is 2.66 bits per heavy atom. The highest BCUT2D eigenvalue weighted by Gasteiger charge is 2.15. The fraction of sp³-hybridized carbons (Fsp3) is 0.0800. The molecule has 3 aromatic heterocycles. The van der Waals surface area contributed by atoms with Gasteiger partial charge >= 0.3 is 0 Å². The molecule has 2 aromatic carbocycles. The number of nitrogens with zero attached hydrogens (tertiary/aromatic N) is 2. The van der Waals surface area contributed by atoms with Gasteiger partial charge in [-0.15, -0.1) is 11.3 Å². The molecule has 158 valence electrons. The van der Waals surface area contributed by atoms with Gasteiger partial charge in [0.15, 0.2) is 16.5 Å². The lowest BCUT2D eigenvalue weighted by atomic mass is 10.2. The molecule has 0 aliphatic carbocycles. The molecule has 0 aliphatic heterocycles. The highest BCUT2D eigenvalue weighted by Crippen LogP contribution is 2.31. The summed E-state index contributed by atoms with van der Waals surface area (Å²) >= 11 is 1.54. The lowest BCUT2D eigenvalue weighted by Crippen LogP contribution is -2.22. The number of ether oxygens (including phenoxy) is 1. The molecule has 0 spiro atoms. The summed E-state index contributed by atoms with van der Waals surface area (Å²) in [5, 5.41) is 3.64. The third-order valence-electron chi connectivity index (χ3n) is 4.84. The monoisotopic (exact) mass is 441 g/mol. The number of pyridine rings is 1. The number of carbonyl (C=O) groups is 1. The summed E-state index contributed by atoms with van der Waals surface area (Å²) in [4.78, 5) is 21.2. The number of furan rings is 1. The molecule has 0 unspecified atom stereocenters. The molecule has 1 N–H and O–H groups in total. The maximum absolute atomic E-state index is 12.5. The molecule has 0 saturated heterocycles. The molecular weight excluding hydrogens is 422 g/mol. The van der Waals surface area contributed by atoms with Crippen molar-refractivity contribution in [1.29, 1.82) is 0 Å². The van der Waals surface area contributed by atoms with Crippen molar-refractivity contribution in [2.24, 2.45) is 0 Å². The van der Waals surface area contributed by atoms with E-state index >= 15 is 0 Å². The van der Waals surface area contributed by atoms with Crippen LogP contribution in [0.4, 0.5) is 0 Å². The Hall–Kier alpha value is -3.97. The SMILES string of the molecule is O=C(NCc1ccc(OCc2cccnc2)cc1)c1ccc(-c2nc3ccccc3s2)o1. The third kappa shape index (κ3) is 4.53. The van der Waals surface area contributed by atoms with Crippen molar-refractivity contribution >= 4 is 27.5 Å². The predicted molar refractivity (Wildman–Crippen MR) is 124 cm³/mol. The van der Waals surface area contributed by atoms with Gasteiger partial charge in [-0.2, -0.15) is 0 Å². The van der Waals surface area contributed by atoms with Crippen molar-refractivity contribution in [3.8, 4) is 16.5 Å². The van der Waals surface area contributed by atoms with Gasteiger partial charge in [0.25, 0.3) is 5.91 Å². The molecule has 6 nitrogen and oxygen atoms in total. The second kappa shape index (κ2) is 9.03. The van der Waals surface area contributed by atoms with Gasteiger partial charge in [-0.25, -0.2) is 4.98 Å². The minimum absolute atomic E-state index is 0.260. The Morgan fingerprint density at radius 2 is 1.84 bits per heavy atom. The highest BCUT2D eigenvalue weighted by molar-refractivity contribution is 7.21. The van der Waals surface area contributed by atoms with E-state index in [4.69, 9.17) is 9.15 Å². The molecule has 7 heteroatoms. The van der Waals surface area contributed by atoms with Crippen molar-refractivity contribution in [1.82, 2.24) is 15.3 Å². The number of hydrogen-bond acceptors (Lipinski definition) is 6. The number of thiazole rings is 1. The zero-order chi connectivity index (χ0) is 21.8. The summed E-state index contributed by atoms with van der Waals surface area (Å²) in [6.45, 7) is 0.846. The standard InChI is InChI=1S/C25H19N3O3S/c29-24(21-11-12-22(31-21)25-28-20-5-1-2-6-23(20)32-25)27-15-17-7-9-19(10-8-17)30-16-18-4-3-13-26-14-18/h1-14H,15-16H2,(H,27,29). The predicted octanol–water partition coefficient (Wildman–Crippen LogP) is 5.46. The van der Waals surface area contributed by atoms with E-state index in [1.807, 2.05) is 60.7 Å². The fourth-order valence-electron chi connectivity index (χ4n) is 3.18. The number of aromatic nitrogens is 2. The molecule has 0 bridgehead atoms. The van der Waals surface area contributed by atoms with Crippen LogP contribution >= 0.6 is 11.3 Å². The summed E-state index contributed by atoms with van der Waals surface area (Å²) in [5.41, 5.74) is 2.89. The first-order valence-corrected chi connectivity index (χ1v) is 10.9. The van der Waals surface area contributed by atoms with Crippen LogP contribution in [-0.2, 0) is 13.2 Å². The first kappa shape index (κ1) is 20.0. The molecule has 5 aromatic rings. The largest absolute Gasteiger partial charge is 0.489 e. The Balaban J connectivity index is 1.17. The van der Waals surface area contributed by atoms with E-state index in [9.17, 15) is 4.79 Å². The Morgan fingerprint density at radius 1 is 0.969 bits per heavy atom. The lowest BCUT2D eigenvalue weighted by Gasteiger charge is -2.08. The molecule has 0 fully saturated rings. The number of fused-ring (bicyclic) bond motifs is 1. The molecule has 5 rings (SSSR count). The van der Waals surface area contributed by atoms with E-state index in [2.05, 4.69) is 15.3 Å². The van der Waals surface area contributed by atoms with Gasteiger partial charge in [-0.1, -0.05) is 30.3 Å². The Labute approximate surface area is 188 Å². The summed E-state index contributed by atoms with van der Waals surface area (Å²) in [7, 11) is 0. The van der Waals surface area contributed by atoms with E-state index in [1.165, 1.54) is 11.3 Å². The van der Waals surface area contributed by atoms with Gasteiger partial charge in [0, 0.05) is 24.5 Å². The fourth-order valence-corrected chi connectivity index (χ4v) is 4.10. The molecule has 32 heavy (non-hydrogen) atoms. The summed E-state index contributed by atoms with van der Waals surface area (Å²) in [6, 6.07) is 22.8. The van der Waals surface area contributed by atoms with Crippen LogP contribution in [0.3, 0.4) is 0 Å². The minimum atomic E-state index is -0.269. The van der Waals surface area contributed by atoms with Gasteiger partial charge in [0.05, 0.1) is 10.2 Å². The van der Waals surface area contributed by atoms with Crippen LogP contribution in [0, 0.1) is 0 Å². The van der Waals surface area contributed by atoms with E-state index in [0.717, 1.165) is 32.1 Å². The number of amides is 1. The first-order valence-electron chi connectivity index (χ1n) is 10.1. The van der Waals surface area contributed by atoms with Crippen molar-refractivity contribution < 1.29 is 13.9 Å².